The van der Waals surface area contributed by atoms with Crippen molar-refractivity contribution in [3.05, 3.63) is 57.0 Å². The van der Waals surface area contributed by atoms with E-state index in [1.807, 2.05) is 44.2 Å². The lowest BCUT2D eigenvalue weighted by molar-refractivity contribution is 0.103. The van der Waals surface area contributed by atoms with Crippen LogP contribution >= 0.6 is 11.3 Å². The second-order valence-corrected chi connectivity index (χ2v) is 7.63. The van der Waals surface area contributed by atoms with Gasteiger partial charge in [-0.15, -0.1) is 11.3 Å². The fourth-order valence-corrected chi connectivity index (χ4v) is 4.07. The van der Waals surface area contributed by atoms with E-state index in [9.17, 15) is 9.59 Å². The third-order valence-electron chi connectivity index (χ3n) is 4.35. The third kappa shape index (κ3) is 3.79. The summed E-state index contributed by atoms with van der Waals surface area (Å²) in [4.78, 5) is 31.7. The van der Waals surface area contributed by atoms with Crippen LogP contribution in [0.3, 0.4) is 0 Å². The number of carbonyl (C=O) groups is 1. The van der Waals surface area contributed by atoms with Crippen molar-refractivity contribution in [2.75, 3.05) is 19.0 Å². The van der Waals surface area contributed by atoms with E-state index in [4.69, 9.17) is 9.72 Å². The largest absolute Gasteiger partial charge is 0.383 e. The Kier molecular flexibility index (Phi) is 5.72. The van der Waals surface area contributed by atoms with Crippen LogP contribution in [0.5, 0.6) is 0 Å². The first-order valence-corrected chi connectivity index (χ1v) is 9.64. The van der Waals surface area contributed by atoms with Crippen LogP contribution < -0.4 is 10.9 Å². The van der Waals surface area contributed by atoms with E-state index in [0.29, 0.717) is 45.3 Å². The van der Waals surface area contributed by atoms with Crippen LogP contribution in [-0.4, -0.2) is 29.2 Å². The fraction of sp³-hybridized carbons (Fsp3) is 0.350. The minimum atomic E-state index is -0.226. The van der Waals surface area contributed by atoms with Gasteiger partial charge < -0.3 is 10.1 Å². The molecule has 3 rings (SSSR count). The molecule has 2 heterocycles. The first kappa shape index (κ1) is 19.3. The zero-order chi connectivity index (χ0) is 19.6. The zero-order valence-corrected chi connectivity index (χ0v) is 16.7. The molecule has 0 aliphatic heterocycles. The van der Waals surface area contributed by atoms with Crippen molar-refractivity contribution in [1.82, 2.24) is 9.55 Å². The molecule has 0 saturated heterocycles. The van der Waals surface area contributed by atoms with Crippen LogP contribution in [0.2, 0.25) is 0 Å². The van der Waals surface area contributed by atoms with Crippen LogP contribution in [0.25, 0.3) is 10.2 Å². The van der Waals surface area contributed by atoms with Crippen molar-refractivity contribution in [3.8, 4) is 0 Å². The Morgan fingerprint density at radius 3 is 2.63 bits per heavy atom. The summed E-state index contributed by atoms with van der Waals surface area (Å²) in [6.07, 6.45) is 0. The molecule has 0 unspecified atom stereocenters. The number of carbonyl (C=O) groups excluding carboxylic acids is 1. The molecule has 3 aromatic rings. The maximum Gasteiger partial charge on any atom is 0.266 e. The highest BCUT2D eigenvalue weighted by molar-refractivity contribution is 7.20. The van der Waals surface area contributed by atoms with Gasteiger partial charge in [0, 0.05) is 18.7 Å². The average Bonchev–Trinajstić information content (AvgIpc) is 2.98. The van der Waals surface area contributed by atoms with E-state index in [-0.39, 0.29) is 17.4 Å². The van der Waals surface area contributed by atoms with Gasteiger partial charge in [-0.2, -0.15) is 0 Å². The molecule has 0 aliphatic carbocycles. The highest BCUT2D eigenvalue weighted by Gasteiger charge is 2.22. The van der Waals surface area contributed by atoms with Gasteiger partial charge in [-0.3, -0.25) is 14.2 Å². The normalized spacial score (nSPS) is 11.3. The number of hydrogen-bond acceptors (Lipinski definition) is 5. The number of nitrogens with one attached hydrogen (secondary N) is 1. The second kappa shape index (κ2) is 8.02. The van der Waals surface area contributed by atoms with Crippen molar-refractivity contribution in [3.63, 3.8) is 0 Å². The number of para-hydroxylation sites is 1. The van der Waals surface area contributed by atoms with E-state index in [0.717, 1.165) is 0 Å². The highest BCUT2D eigenvalue weighted by atomic mass is 32.1. The number of rotatable bonds is 6. The van der Waals surface area contributed by atoms with Crippen molar-refractivity contribution in [1.29, 1.82) is 0 Å². The molecule has 1 N–H and O–H groups in total. The summed E-state index contributed by atoms with van der Waals surface area (Å²) in [7, 11) is 1.61. The van der Waals surface area contributed by atoms with Crippen molar-refractivity contribution < 1.29 is 9.53 Å². The number of hydrogen-bond donors (Lipinski definition) is 1. The van der Waals surface area contributed by atoms with Crippen molar-refractivity contribution in [2.24, 2.45) is 0 Å². The number of ether oxygens (including phenoxy) is 1. The summed E-state index contributed by atoms with van der Waals surface area (Å²) in [6, 6.07) is 9.26. The number of anilines is 1. The summed E-state index contributed by atoms with van der Waals surface area (Å²) in [5.41, 5.74) is 1.27. The van der Waals surface area contributed by atoms with Gasteiger partial charge >= 0.3 is 0 Å². The van der Waals surface area contributed by atoms with Crippen LogP contribution in [0.1, 0.15) is 40.8 Å². The van der Waals surface area contributed by atoms with Crippen LogP contribution in [0.15, 0.2) is 35.1 Å². The van der Waals surface area contributed by atoms with E-state index in [1.54, 1.807) is 18.6 Å². The quantitative estimate of drug-likeness (QED) is 0.701. The molecule has 6 nitrogen and oxygen atoms in total. The Labute approximate surface area is 161 Å². The molecule has 0 saturated carbocycles. The fourth-order valence-electron chi connectivity index (χ4n) is 3.00. The molecule has 7 heteroatoms. The number of methoxy groups -OCH3 is 1. The van der Waals surface area contributed by atoms with E-state index in [2.05, 4.69) is 5.32 Å². The molecular formula is C20H23N3O3S. The van der Waals surface area contributed by atoms with Gasteiger partial charge in [0.15, 0.2) is 0 Å². The maximum atomic E-state index is 13.1. The smallest absolute Gasteiger partial charge is 0.266 e. The van der Waals surface area contributed by atoms with Crippen LogP contribution in [0, 0.1) is 6.92 Å². The number of thiophene rings is 1. The van der Waals surface area contributed by atoms with Crippen LogP contribution in [0.4, 0.5) is 5.69 Å². The lowest BCUT2D eigenvalue weighted by Crippen LogP contribution is -2.27. The van der Waals surface area contributed by atoms with Gasteiger partial charge in [-0.25, -0.2) is 4.98 Å². The Balaban J connectivity index is 2.09. The third-order valence-corrected chi connectivity index (χ3v) is 5.54. The minimum absolute atomic E-state index is 0.0861. The standard InChI is InChI=1S/C20H23N3O3S/c1-12(2)17-22-19-15(20(25)23(17)10-11-26-4)13(3)16(27-19)18(24)21-14-8-6-5-7-9-14/h5-9,12H,10-11H2,1-4H3,(H,21,24). The Bertz CT molecular complexity index is 1020. The van der Waals surface area contributed by atoms with E-state index in [1.165, 1.54) is 11.3 Å². The number of aromatic nitrogens is 2. The highest BCUT2D eigenvalue weighted by Crippen LogP contribution is 2.29. The summed E-state index contributed by atoms with van der Waals surface area (Å²) in [5.74, 6) is 0.569. The van der Waals surface area contributed by atoms with Crippen molar-refractivity contribution >= 4 is 33.1 Å². The summed E-state index contributed by atoms with van der Waals surface area (Å²) >= 11 is 1.26. The first-order valence-electron chi connectivity index (χ1n) is 8.83. The number of nitrogens with zero attached hydrogens (tertiary/aromatic N) is 2. The van der Waals surface area contributed by atoms with Crippen molar-refractivity contribution in [2.45, 2.75) is 33.2 Å². The van der Waals surface area contributed by atoms with Gasteiger partial charge in [0.1, 0.15) is 10.7 Å². The zero-order valence-electron chi connectivity index (χ0n) is 15.9. The maximum absolute atomic E-state index is 13.1. The molecule has 0 radical (unpaired) electrons. The van der Waals surface area contributed by atoms with E-state index < -0.39 is 0 Å². The predicted molar refractivity (Wildman–Crippen MR) is 109 cm³/mol. The van der Waals surface area contributed by atoms with E-state index >= 15 is 0 Å². The molecule has 142 valence electrons. The van der Waals surface area contributed by atoms with Gasteiger partial charge in [-0.1, -0.05) is 32.0 Å². The molecule has 0 spiro atoms. The first-order chi connectivity index (χ1) is 12.9. The Morgan fingerprint density at radius 2 is 2.00 bits per heavy atom. The van der Waals surface area contributed by atoms with Gasteiger partial charge in [0.2, 0.25) is 0 Å². The SMILES string of the molecule is COCCn1c(C(C)C)nc2sc(C(=O)Nc3ccccc3)c(C)c2c1=O. The van der Waals surface area contributed by atoms with Crippen LogP contribution in [-0.2, 0) is 11.3 Å². The summed E-state index contributed by atoms with van der Waals surface area (Å²) in [5, 5.41) is 3.39. The molecule has 1 aromatic carbocycles. The molecule has 0 fully saturated rings. The molecule has 0 bridgehead atoms. The second-order valence-electron chi connectivity index (χ2n) is 6.63. The molecule has 27 heavy (non-hydrogen) atoms. The Morgan fingerprint density at radius 1 is 1.30 bits per heavy atom. The summed E-state index contributed by atoms with van der Waals surface area (Å²) in [6.45, 7) is 6.67. The topological polar surface area (TPSA) is 73.2 Å². The lowest BCUT2D eigenvalue weighted by Gasteiger charge is -2.14. The molecule has 0 atom stereocenters. The summed E-state index contributed by atoms with van der Waals surface area (Å²) < 4.78 is 6.80. The Hall–Kier alpha value is -2.51. The van der Waals surface area contributed by atoms with Gasteiger partial charge in [-0.05, 0) is 24.6 Å². The number of amides is 1. The minimum Gasteiger partial charge on any atom is -0.383 e. The molecule has 1 amide bonds. The molecule has 0 aliphatic rings. The predicted octanol–water partition coefficient (Wildman–Crippen LogP) is 3.79. The molecule has 2 aromatic heterocycles. The average molecular weight is 385 g/mol. The number of aryl methyl sites for hydroxylation is 1. The monoisotopic (exact) mass is 385 g/mol. The van der Waals surface area contributed by atoms with Gasteiger partial charge in [0.05, 0.1) is 23.4 Å². The number of benzene rings is 1. The number of fused-ring (bicyclic) bond motifs is 1. The lowest BCUT2D eigenvalue weighted by atomic mass is 10.1. The van der Waals surface area contributed by atoms with Gasteiger partial charge in [0.25, 0.3) is 11.5 Å². The molecular weight excluding hydrogens is 362 g/mol.